The number of hydrogen-bond donors (Lipinski definition) is 0. The lowest BCUT2D eigenvalue weighted by Crippen LogP contribution is -2.47. The Hall–Kier alpha value is -2.98. The third-order valence-corrected chi connectivity index (χ3v) is 5.55. The largest absolute Gasteiger partial charge is 0.305 e. The van der Waals surface area contributed by atoms with Gasteiger partial charge >= 0.3 is 0 Å². The second-order valence-electron chi connectivity index (χ2n) is 7.71. The monoisotopic (exact) mass is 385 g/mol. The minimum absolute atomic E-state index is 0.0828. The van der Waals surface area contributed by atoms with Gasteiger partial charge in [-0.15, -0.1) is 0 Å². The van der Waals surface area contributed by atoms with E-state index in [1.807, 2.05) is 65.7 Å². The van der Waals surface area contributed by atoms with Crippen LogP contribution in [-0.4, -0.2) is 34.9 Å². The third kappa shape index (κ3) is 4.72. The molecule has 1 amide bonds. The Labute approximate surface area is 172 Å². The van der Waals surface area contributed by atoms with E-state index in [9.17, 15) is 4.79 Å². The Bertz CT molecular complexity index is 935. The number of likely N-dealkylation sites (tertiary alicyclic amines) is 1. The number of pyridine rings is 1. The quantitative estimate of drug-likeness (QED) is 0.639. The molecule has 4 rings (SSSR count). The van der Waals surface area contributed by atoms with Gasteiger partial charge in [-0.05, 0) is 61.7 Å². The molecule has 3 aromatic rings. The number of carbonyl (C=O) groups is 1. The van der Waals surface area contributed by atoms with E-state index < -0.39 is 0 Å². The molecule has 0 unspecified atom stereocenters. The van der Waals surface area contributed by atoms with Gasteiger partial charge in [-0.3, -0.25) is 14.7 Å². The number of aryl methyl sites for hydroxylation is 1. The van der Waals surface area contributed by atoms with Gasteiger partial charge < -0.3 is 4.90 Å². The van der Waals surface area contributed by atoms with Crippen molar-refractivity contribution in [3.05, 3.63) is 95.8 Å². The molecule has 2 heterocycles. The molecule has 0 N–H and O–H groups in total. The van der Waals surface area contributed by atoms with Crippen molar-refractivity contribution >= 4 is 11.6 Å². The summed E-state index contributed by atoms with van der Waals surface area (Å²) in [6.07, 6.45) is 3.76. The summed E-state index contributed by atoms with van der Waals surface area (Å²) in [7, 11) is 0. The van der Waals surface area contributed by atoms with Gasteiger partial charge in [-0.1, -0.05) is 36.4 Å². The van der Waals surface area contributed by atoms with Crippen molar-refractivity contribution in [1.82, 2.24) is 9.88 Å². The van der Waals surface area contributed by atoms with E-state index in [-0.39, 0.29) is 11.9 Å². The standard InChI is InChI=1S/C25H27N3O/c1-20-8-7-12-24(18-20)28(25(29)21-9-3-2-4-10-21)23-13-16-27(17-14-23)19-22-11-5-6-15-26-22/h2-12,15,18,23H,13-14,16-17,19H2,1H3. The molecule has 0 saturated carbocycles. The Kier molecular flexibility index (Phi) is 6.01. The molecule has 1 aromatic heterocycles. The van der Waals surface area contributed by atoms with Crippen LogP contribution in [0.2, 0.25) is 0 Å². The van der Waals surface area contributed by atoms with Crippen molar-refractivity contribution in [2.24, 2.45) is 0 Å². The van der Waals surface area contributed by atoms with E-state index in [0.717, 1.165) is 49.4 Å². The van der Waals surface area contributed by atoms with Crippen molar-refractivity contribution < 1.29 is 4.79 Å². The maximum atomic E-state index is 13.4. The van der Waals surface area contributed by atoms with Crippen LogP contribution in [0.4, 0.5) is 5.69 Å². The van der Waals surface area contributed by atoms with E-state index in [4.69, 9.17) is 0 Å². The molecule has 1 fully saturated rings. The second-order valence-corrected chi connectivity index (χ2v) is 7.71. The fraction of sp³-hybridized carbons (Fsp3) is 0.280. The van der Waals surface area contributed by atoms with Crippen LogP contribution < -0.4 is 4.90 Å². The zero-order valence-electron chi connectivity index (χ0n) is 16.9. The lowest BCUT2D eigenvalue weighted by atomic mass is 10.00. The molecular weight excluding hydrogens is 358 g/mol. The van der Waals surface area contributed by atoms with Crippen molar-refractivity contribution in [1.29, 1.82) is 0 Å². The predicted octanol–water partition coefficient (Wildman–Crippen LogP) is 4.70. The highest BCUT2D eigenvalue weighted by atomic mass is 16.2. The molecule has 0 aliphatic carbocycles. The van der Waals surface area contributed by atoms with Crippen LogP contribution in [0.5, 0.6) is 0 Å². The topological polar surface area (TPSA) is 36.4 Å². The first-order valence-electron chi connectivity index (χ1n) is 10.3. The number of nitrogens with zero attached hydrogens (tertiary/aromatic N) is 3. The maximum absolute atomic E-state index is 13.4. The van der Waals surface area contributed by atoms with Crippen LogP contribution in [0, 0.1) is 6.92 Å². The van der Waals surface area contributed by atoms with E-state index in [0.29, 0.717) is 0 Å². The molecule has 2 aromatic carbocycles. The molecule has 0 bridgehead atoms. The highest BCUT2D eigenvalue weighted by molar-refractivity contribution is 6.06. The van der Waals surface area contributed by atoms with Gasteiger partial charge in [-0.2, -0.15) is 0 Å². The molecule has 0 atom stereocenters. The lowest BCUT2D eigenvalue weighted by Gasteiger charge is -2.38. The van der Waals surface area contributed by atoms with Gasteiger partial charge in [0.2, 0.25) is 0 Å². The van der Waals surface area contributed by atoms with Crippen LogP contribution >= 0.6 is 0 Å². The molecule has 0 radical (unpaired) electrons. The van der Waals surface area contributed by atoms with Gasteiger partial charge in [0, 0.05) is 43.1 Å². The molecule has 1 aliphatic rings. The first-order chi connectivity index (χ1) is 14.2. The summed E-state index contributed by atoms with van der Waals surface area (Å²) in [5, 5.41) is 0. The van der Waals surface area contributed by atoms with E-state index in [2.05, 4.69) is 35.0 Å². The fourth-order valence-electron chi connectivity index (χ4n) is 4.05. The lowest BCUT2D eigenvalue weighted by molar-refractivity contribution is 0.0958. The van der Waals surface area contributed by atoms with Crippen LogP contribution in [0.3, 0.4) is 0 Å². The Morgan fingerprint density at radius 1 is 1.00 bits per heavy atom. The second kappa shape index (κ2) is 9.01. The number of rotatable bonds is 5. The van der Waals surface area contributed by atoms with E-state index in [1.54, 1.807) is 0 Å². The summed E-state index contributed by atoms with van der Waals surface area (Å²) in [5.41, 5.74) is 4.00. The molecule has 29 heavy (non-hydrogen) atoms. The molecule has 4 nitrogen and oxygen atoms in total. The number of anilines is 1. The van der Waals surface area contributed by atoms with Gasteiger partial charge in [0.1, 0.15) is 0 Å². The molecule has 1 aliphatic heterocycles. The van der Waals surface area contributed by atoms with E-state index >= 15 is 0 Å². The zero-order valence-corrected chi connectivity index (χ0v) is 16.9. The highest BCUT2D eigenvalue weighted by Crippen LogP contribution is 2.27. The average molecular weight is 386 g/mol. The van der Waals surface area contributed by atoms with Gasteiger partial charge in [0.25, 0.3) is 5.91 Å². The average Bonchev–Trinajstić information content (AvgIpc) is 2.76. The first kappa shape index (κ1) is 19.3. The molecule has 4 heteroatoms. The SMILES string of the molecule is Cc1cccc(N(C(=O)c2ccccc2)C2CCN(Cc3ccccn3)CC2)c1. The number of aromatic nitrogens is 1. The van der Waals surface area contributed by atoms with Gasteiger partial charge in [0.05, 0.1) is 5.69 Å². The smallest absolute Gasteiger partial charge is 0.258 e. The third-order valence-electron chi connectivity index (χ3n) is 5.55. The fourth-order valence-corrected chi connectivity index (χ4v) is 4.05. The van der Waals surface area contributed by atoms with Gasteiger partial charge in [0.15, 0.2) is 0 Å². The van der Waals surface area contributed by atoms with Crippen molar-refractivity contribution in [3.8, 4) is 0 Å². The summed E-state index contributed by atoms with van der Waals surface area (Å²) in [6.45, 7) is 4.87. The Morgan fingerprint density at radius 2 is 1.76 bits per heavy atom. The normalized spacial score (nSPS) is 15.2. The number of hydrogen-bond acceptors (Lipinski definition) is 3. The van der Waals surface area contributed by atoms with Crippen LogP contribution in [-0.2, 0) is 6.54 Å². The minimum atomic E-state index is 0.0828. The van der Waals surface area contributed by atoms with Gasteiger partial charge in [-0.25, -0.2) is 0 Å². The summed E-state index contributed by atoms with van der Waals surface area (Å²) in [6, 6.07) is 24.1. The number of amides is 1. The predicted molar refractivity (Wildman–Crippen MR) is 117 cm³/mol. The number of piperidine rings is 1. The molecule has 0 spiro atoms. The summed E-state index contributed by atoms with van der Waals surface area (Å²) >= 11 is 0. The number of carbonyl (C=O) groups excluding carboxylic acids is 1. The summed E-state index contributed by atoms with van der Waals surface area (Å²) in [4.78, 5) is 22.3. The van der Waals surface area contributed by atoms with Crippen LogP contribution in [0.1, 0.15) is 34.5 Å². The van der Waals surface area contributed by atoms with Crippen molar-refractivity contribution in [2.45, 2.75) is 32.4 Å². The maximum Gasteiger partial charge on any atom is 0.258 e. The summed E-state index contributed by atoms with van der Waals surface area (Å²) in [5.74, 6) is 0.0828. The molecule has 148 valence electrons. The minimum Gasteiger partial charge on any atom is -0.305 e. The Balaban J connectivity index is 1.52. The van der Waals surface area contributed by atoms with Crippen LogP contribution in [0.15, 0.2) is 79.0 Å². The zero-order chi connectivity index (χ0) is 20.1. The van der Waals surface area contributed by atoms with E-state index in [1.165, 1.54) is 5.56 Å². The summed E-state index contributed by atoms with van der Waals surface area (Å²) < 4.78 is 0. The van der Waals surface area contributed by atoms with Crippen molar-refractivity contribution in [2.75, 3.05) is 18.0 Å². The highest BCUT2D eigenvalue weighted by Gasteiger charge is 2.30. The number of benzene rings is 2. The Morgan fingerprint density at radius 3 is 2.45 bits per heavy atom. The van der Waals surface area contributed by atoms with Crippen LogP contribution in [0.25, 0.3) is 0 Å². The first-order valence-corrected chi connectivity index (χ1v) is 10.3. The molecule has 1 saturated heterocycles. The molecular formula is C25H27N3O. The van der Waals surface area contributed by atoms with Crippen molar-refractivity contribution in [3.63, 3.8) is 0 Å².